The van der Waals surface area contributed by atoms with Crippen molar-refractivity contribution in [2.24, 2.45) is 0 Å². The first-order valence-electron chi connectivity index (χ1n) is 7.64. The van der Waals surface area contributed by atoms with Gasteiger partial charge < -0.3 is 5.32 Å². The van der Waals surface area contributed by atoms with Crippen molar-refractivity contribution in [2.45, 2.75) is 13.0 Å². The quantitative estimate of drug-likeness (QED) is 0.736. The van der Waals surface area contributed by atoms with Crippen LogP contribution in [0, 0.1) is 0 Å². The van der Waals surface area contributed by atoms with Crippen molar-refractivity contribution in [3.63, 3.8) is 0 Å². The molecular weight excluding hydrogens is 377 g/mol. The first-order valence-corrected chi connectivity index (χ1v) is 8.39. The number of halogens is 2. The number of nitrogens with zero attached hydrogens (tertiary/aromatic N) is 6. The zero-order chi connectivity index (χ0) is 18.7. The number of rotatable bonds is 4. The molecule has 10 heteroatoms. The number of hydrogen-bond donors (Lipinski definition) is 1. The minimum atomic E-state index is -0.442. The minimum Gasteiger partial charge on any atom is -0.328 e. The first-order chi connectivity index (χ1) is 12.5. The van der Waals surface area contributed by atoms with E-state index in [1.54, 1.807) is 50.6 Å². The Hall–Kier alpha value is -2.71. The van der Waals surface area contributed by atoms with Crippen molar-refractivity contribution >= 4 is 34.9 Å². The molecule has 1 atom stereocenters. The molecule has 3 aromatic rings. The van der Waals surface area contributed by atoms with Crippen molar-refractivity contribution in [1.82, 2.24) is 30.0 Å². The molecule has 8 nitrogen and oxygen atoms in total. The van der Waals surface area contributed by atoms with Crippen LogP contribution in [0.4, 0.5) is 10.5 Å². The van der Waals surface area contributed by atoms with Gasteiger partial charge in [0.15, 0.2) is 5.82 Å². The number of anilines is 1. The molecule has 3 rings (SSSR count). The second-order valence-electron chi connectivity index (χ2n) is 5.40. The Balaban J connectivity index is 1.77. The van der Waals surface area contributed by atoms with E-state index in [9.17, 15) is 4.79 Å². The molecule has 1 N–H and O–H groups in total. The van der Waals surface area contributed by atoms with Gasteiger partial charge in [0.05, 0.1) is 16.8 Å². The molecule has 1 aromatic carbocycles. The van der Waals surface area contributed by atoms with Gasteiger partial charge in [0.25, 0.3) is 5.95 Å². The van der Waals surface area contributed by atoms with Crippen LogP contribution in [0.5, 0.6) is 0 Å². The van der Waals surface area contributed by atoms with Crippen LogP contribution < -0.4 is 10.2 Å². The summed E-state index contributed by atoms with van der Waals surface area (Å²) >= 11 is 12.1. The molecule has 0 aliphatic heterocycles. The summed E-state index contributed by atoms with van der Waals surface area (Å²) in [5.74, 6) is 0.871. The number of aromatic nitrogens is 5. The normalized spacial score (nSPS) is 11.8. The highest BCUT2D eigenvalue weighted by Crippen LogP contribution is 2.28. The van der Waals surface area contributed by atoms with Gasteiger partial charge in [0.1, 0.15) is 6.33 Å². The molecule has 0 radical (unpaired) electrons. The summed E-state index contributed by atoms with van der Waals surface area (Å²) in [7, 11) is 1.61. The molecule has 134 valence electrons. The van der Waals surface area contributed by atoms with Gasteiger partial charge in [0.2, 0.25) is 0 Å². The molecule has 0 unspecified atom stereocenters. The highest BCUT2D eigenvalue weighted by molar-refractivity contribution is 6.36. The van der Waals surface area contributed by atoms with Crippen LogP contribution in [0.3, 0.4) is 0 Å². The molecule has 0 saturated heterocycles. The van der Waals surface area contributed by atoms with Crippen LogP contribution >= 0.6 is 23.2 Å². The number of carbonyl (C=O) groups is 1. The van der Waals surface area contributed by atoms with Gasteiger partial charge in [-0.1, -0.05) is 23.2 Å². The zero-order valence-corrected chi connectivity index (χ0v) is 15.5. The third kappa shape index (κ3) is 3.76. The molecular formula is C16H15Cl2N7O. The number of amides is 2. The van der Waals surface area contributed by atoms with E-state index in [2.05, 4.69) is 25.4 Å². The van der Waals surface area contributed by atoms with E-state index < -0.39 is 6.04 Å². The van der Waals surface area contributed by atoms with Crippen molar-refractivity contribution in [2.75, 3.05) is 11.9 Å². The topological polar surface area (TPSA) is 88.8 Å². The fourth-order valence-electron chi connectivity index (χ4n) is 2.31. The lowest BCUT2D eigenvalue weighted by molar-refractivity contribution is 0.244. The van der Waals surface area contributed by atoms with E-state index in [0.29, 0.717) is 27.5 Å². The summed E-state index contributed by atoms with van der Waals surface area (Å²) in [6.45, 7) is 1.79. The third-order valence-corrected chi connectivity index (χ3v) is 4.16. The maximum atomic E-state index is 12.6. The zero-order valence-electron chi connectivity index (χ0n) is 14.0. The van der Waals surface area contributed by atoms with E-state index in [1.807, 2.05) is 0 Å². The van der Waals surface area contributed by atoms with Crippen molar-refractivity contribution in [1.29, 1.82) is 0 Å². The van der Waals surface area contributed by atoms with Gasteiger partial charge in [-0.25, -0.2) is 19.7 Å². The summed E-state index contributed by atoms with van der Waals surface area (Å²) in [6, 6.07) is 5.83. The van der Waals surface area contributed by atoms with Gasteiger partial charge in [-0.3, -0.25) is 4.90 Å². The molecule has 0 aliphatic carbocycles. The molecule has 0 bridgehead atoms. The predicted molar refractivity (Wildman–Crippen MR) is 98.8 cm³/mol. The SMILES string of the molecule is C[C@H](NC(=O)N(C)c1ccc(Cl)cc1Cl)c1ncnn1-c1ncccn1. The highest BCUT2D eigenvalue weighted by atomic mass is 35.5. The lowest BCUT2D eigenvalue weighted by Crippen LogP contribution is -2.39. The second kappa shape index (κ2) is 7.67. The lowest BCUT2D eigenvalue weighted by atomic mass is 10.3. The molecule has 2 aromatic heterocycles. The first kappa shape index (κ1) is 18.1. The molecule has 2 amide bonds. The van der Waals surface area contributed by atoms with Gasteiger partial charge in [-0.15, -0.1) is 0 Å². The minimum absolute atomic E-state index is 0.356. The van der Waals surface area contributed by atoms with Crippen molar-refractivity contribution in [3.8, 4) is 5.95 Å². The van der Waals surface area contributed by atoms with Crippen molar-refractivity contribution in [3.05, 3.63) is 58.9 Å². The average Bonchev–Trinajstić information content (AvgIpc) is 3.12. The van der Waals surface area contributed by atoms with E-state index in [4.69, 9.17) is 23.2 Å². The standard InChI is InChI=1S/C16H15Cl2N7O/c1-10(14-21-9-22-25(14)15-19-6-3-7-20-15)23-16(26)24(2)13-5-4-11(17)8-12(13)18/h3-10H,1-2H3,(H,23,26)/t10-/m0/s1. The number of urea groups is 1. The lowest BCUT2D eigenvalue weighted by Gasteiger charge is -2.22. The Morgan fingerprint density at radius 1 is 1.23 bits per heavy atom. The Bertz CT molecular complexity index is 916. The summed E-state index contributed by atoms with van der Waals surface area (Å²) in [4.78, 5) is 26.5. The van der Waals surface area contributed by atoms with E-state index in [0.717, 1.165) is 0 Å². The van der Waals surface area contributed by atoms with Gasteiger partial charge >= 0.3 is 6.03 Å². The summed E-state index contributed by atoms with van der Waals surface area (Å²) in [5, 5.41) is 7.85. The van der Waals surface area contributed by atoms with Gasteiger partial charge in [-0.05, 0) is 31.2 Å². The van der Waals surface area contributed by atoms with Gasteiger partial charge in [0, 0.05) is 24.5 Å². The van der Waals surface area contributed by atoms with E-state index in [-0.39, 0.29) is 6.03 Å². The number of nitrogens with one attached hydrogen (secondary N) is 1. The average molecular weight is 392 g/mol. The summed E-state index contributed by atoms with van der Waals surface area (Å²) in [5.41, 5.74) is 0.536. The largest absolute Gasteiger partial charge is 0.328 e. The molecule has 0 saturated carbocycles. The van der Waals surface area contributed by atoms with Crippen molar-refractivity contribution < 1.29 is 4.79 Å². The predicted octanol–water partition coefficient (Wildman–Crippen LogP) is 3.27. The smallest absolute Gasteiger partial charge is 0.322 e. The Morgan fingerprint density at radius 2 is 1.96 bits per heavy atom. The highest BCUT2D eigenvalue weighted by Gasteiger charge is 2.21. The van der Waals surface area contributed by atoms with E-state index in [1.165, 1.54) is 15.9 Å². The van der Waals surface area contributed by atoms with Crippen LogP contribution in [0.1, 0.15) is 18.8 Å². The van der Waals surface area contributed by atoms with Crippen LogP contribution in [-0.2, 0) is 0 Å². The Labute approximate surface area is 159 Å². The molecule has 0 aliphatic rings. The van der Waals surface area contributed by atoms with E-state index >= 15 is 0 Å². The number of benzene rings is 1. The van der Waals surface area contributed by atoms with Crippen LogP contribution in [-0.4, -0.2) is 37.8 Å². The molecule has 0 fully saturated rings. The van der Waals surface area contributed by atoms with Crippen LogP contribution in [0.25, 0.3) is 5.95 Å². The maximum Gasteiger partial charge on any atom is 0.322 e. The molecule has 2 heterocycles. The van der Waals surface area contributed by atoms with Crippen LogP contribution in [0.15, 0.2) is 43.0 Å². The fraction of sp³-hybridized carbons (Fsp3) is 0.188. The number of carbonyl (C=O) groups excluding carboxylic acids is 1. The second-order valence-corrected chi connectivity index (χ2v) is 6.25. The number of hydrogen-bond acceptors (Lipinski definition) is 5. The molecule has 26 heavy (non-hydrogen) atoms. The Morgan fingerprint density at radius 3 is 2.65 bits per heavy atom. The van der Waals surface area contributed by atoms with Gasteiger partial charge in [-0.2, -0.15) is 9.78 Å². The summed E-state index contributed by atoms with van der Waals surface area (Å²) in [6.07, 6.45) is 4.59. The Kier molecular flexibility index (Phi) is 5.34. The van der Waals surface area contributed by atoms with Crippen LogP contribution in [0.2, 0.25) is 10.0 Å². The summed E-state index contributed by atoms with van der Waals surface area (Å²) < 4.78 is 1.47. The molecule has 0 spiro atoms. The third-order valence-electron chi connectivity index (χ3n) is 3.62. The maximum absolute atomic E-state index is 12.6. The monoisotopic (exact) mass is 391 g/mol. The fourth-order valence-corrected chi connectivity index (χ4v) is 2.84.